The summed E-state index contributed by atoms with van der Waals surface area (Å²) in [6.45, 7) is 11.6. The van der Waals surface area contributed by atoms with Gasteiger partial charge in [-0.15, -0.1) is 0 Å². The molecule has 1 amide bonds. The fraction of sp³-hybridized carbons (Fsp3) is 0.619. The number of hydrogen-bond acceptors (Lipinski definition) is 3. The van der Waals surface area contributed by atoms with Crippen molar-refractivity contribution in [3.63, 3.8) is 0 Å². The third kappa shape index (κ3) is 5.01. The second-order valence-electron chi connectivity index (χ2n) is 7.41. The number of ether oxygens (including phenoxy) is 1. The Bertz CT molecular complexity index is 675. The highest BCUT2D eigenvalue weighted by atomic mass is 16.5. The van der Waals surface area contributed by atoms with Gasteiger partial charge in [0.1, 0.15) is 6.10 Å². The molecule has 2 heterocycles. The molecular weight excluding hydrogens is 340 g/mol. The molecule has 2 aliphatic heterocycles. The van der Waals surface area contributed by atoms with Crippen LogP contribution < -0.4 is 5.32 Å². The first kappa shape index (κ1) is 19.7. The lowest BCUT2D eigenvalue weighted by Gasteiger charge is -2.37. The van der Waals surface area contributed by atoms with Gasteiger partial charge in [-0.1, -0.05) is 23.8 Å². The molecule has 6 nitrogen and oxygen atoms in total. The summed E-state index contributed by atoms with van der Waals surface area (Å²) < 4.78 is 5.55. The highest BCUT2D eigenvalue weighted by molar-refractivity contribution is 5.82. The van der Waals surface area contributed by atoms with Crippen LogP contribution in [0.5, 0.6) is 0 Å². The Morgan fingerprint density at radius 3 is 2.59 bits per heavy atom. The van der Waals surface area contributed by atoms with E-state index in [0.717, 1.165) is 51.5 Å². The number of benzene rings is 1. The summed E-state index contributed by atoms with van der Waals surface area (Å²) in [5.74, 6) is 1.09. The van der Waals surface area contributed by atoms with Gasteiger partial charge in [0.2, 0.25) is 0 Å². The number of aryl methyl sites for hydroxylation is 2. The van der Waals surface area contributed by atoms with Crippen molar-refractivity contribution in [2.75, 3.05) is 39.3 Å². The first-order chi connectivity index (χ1) is 13.1. The van der Waals surface area contributed by atoms with Crippen molar-refractivity contribution in [1.29, 1.82) is 0 Å². The summed E-state index contributed by atoms with van der Waals surface area (Å²) >= 11 is 0. The molecule has 0 bridgehead atoms. The van der Waals surface area contributed by atoms with Crippen LogP contribution in [0.3, 0.4) is 0 Å². The van der Waals surface area contributed by atoms with Gasteiger partial charge in [0.15, 0.2) is 5.96 Å². The van der Waals surface area contributed by atoms with Crippen molar-refractivity contribution in [2.24, 2.45) is 4.99 Å². The predicted molar refractivity (Wildman–Crippen MR) is 108 cm³/mol. The van der Waals surface area contributed by atoms with Crippen molar-refractivity contribution >= 4 is 11.9 Å². The van der Waals surface area contributed by atoms with Crippen LogP contribution in [0.4, 0.5) is 0 Å². The largest absolute Gasteiger partial charge is 0.368 e. The normalized spacial score (nSPS) is 20.9. The van der Waals surface area contributed by atoms with E-state index in [9.17, 15) is 4.79 Å². The van der Waals surface area contributed by atoms with Gasteiger partial charge in [-0.2, -0.15) is 0 Å². The number of piperazine rings is 1. The number of nitrogens with one attached hydrogen (secondary N) is 1. The molecule has 2 aliphatic rings. The van der Waals surface area contributed by atoms with Crippen LogP contribution in [-0.4, -0.2) is 67.1 Å². The lowest BCUT2D eigenvalue weighted by molar-refractivity contribution is -0.142. The number of carbonyl (C=O) groups excluding carboxylic acids is 1. The quantitative estimate of drug-likeness (QED) is 0.650. The second kappa shape index (κ2) is 9.22. The minimum Gasteiger partial charge on any atom is -0.368 e. The van der Waals surface area contributed by atoms with Gasteiger partial charge in [0.05, 0.1) is 6.54 Å². The average Bonchev–Trinajstić information content (AvgIpc) is 3.21. The molecule has 0 radical (unpaired) electrons. The molecule has 2 fully saturated rings. The number of hydrogen-bond donors (Lipinski definition) is 1. The molecule has 0 aliphatic carbocycles. The van der Waals surface area contributed by atoms with Gasteiger partial charge in [-0.25, -0.2) is 4.99 Å². The number of aliphatic imine (C=N–C) groups is 1. The van der Waals surface area contributed by atoms with Crippen LogP contribution in [0.25, 0.3) is 0 Å². The number of rotatable bonds is 4. The van der Waals surface area contributed by atoms with Crippen LogP contribution in [0.2, 0.25) is 0 Å². The molecule has 0 spiro atoms. The summed E-state index contributed by atoms with van der Waals surface area (Å²) in [5, 5.41) is 3.40. The smallest absolute Gasteiger partial charge is 0.251 e. The van der Waals surface area contributed by atoms with E-state index in [-0.39, 0.29) is 12.0 Å². The van der Waals surface area contributed by atoms with E-state index >= 15 is 0 Å². The van der Waals surface area contributed by atoms with E-state index < -0.39 is 0 Å². The van der Waals surface area contributed by atoms with Gasteiger partial charge >= 0.3 is 0 Å². The fourth-order valence-electron chi connectivity index (χ4n) is 3.72. The molecule has 1 aromatic rings. The molecule has 1 aromatic carbocycles. The minimum absolute atomic E-state index is 0.157. The van der Waals surface area contributed by atoms with Crippen molar-refractivity contribution in [3.05, 3.63) is 34.9 Å². The summed E-state index contributed by atoms with van der Waals surface area (Å²) in [4.78, 5) is 21.6. The second-order valence-corrected chi connectivity index (χ2v) is 7.41. The Morgan fingerprint density at radius 2 is 1.96 bits per heavy atom. The number of guanidine groups is 1. The van der Waals surface area contributed by atoms with E-state index in [1.807, 2.05) is 4.90 Å². The van der Waals surface area contributed by atoms with Gasteiger partial charge in [0, 0.05) is 39.3 Å². The molecule has 27 heavy (non-hydrogen) atoms. The Morgan fingerprint density at radius 1 is 1.22 bits per heavy atom. The molecular formula is C21H32N4O2. The Balaban J connectivity index is 1.59. The molecule has 6 heteroatoms. The van der Waals surface area contributed by atoms with Gasteiger partial charge in [-0.05, 0) is 44.7 Å². The van der Waals surface area contributed by atoms with E-state index in [1.54, 1.807) is 0 Å². The third-order valence-corrected chi connectivity index (χ3v) is 5.33. The topological polar surface area (TPSA) is 57.2 Å². The van der Waals surface area contributed by atoms with E-state index in [2.05, 4.69) is 49.2 Å². The molecule has 1 atom stereocenters. The summed E-state index contributed by atoms with van der Waals surface area (Å²) in [6, 6.07) is 6.50. The molecule has 0 saturated carbocycles. The fourth-order valence-corrected chi connectivity index (χ4v) is 3.72. The Hall–Kier alpha value is -2.08. The minimum atomic E-state index is -0.219. The SMILES string of the molecule is CCNC(=NCc1ccc(C)cc1C)N1CCN(C(=O)C2CCCO2)CC1. The number of nitrogens with zero attached hydrogens (tertiary/aromatic N) is 3. The summed E-state index contributed by atoms with van der Waals surface area (Å²) in [5.41, 5.74) is 3.81. The van der Waals surface area contributed by atoms with Crippen LogP contribution in [0.15, 0.2) is 23.2 Å². The van der Waals surface area contributed by atoms with Crippen LogP contribution in [0.1, 0.15) is 36.5 Å². The van der Waals surface area contributed by atoms with Crippen molar-refractivity contribution in [2.45, 2.75) is 46.3 Å². The first-order valence-corrected chi connectivity index (χ1v) is 10.1. The van der Waals surface area contributed by atoms with Gasteiger partial charge < -0.3 is 19.9 Å². The maximum Gasteiger partial charge on any atom is 0.251 e. The molecule has 2 saturated heterocycles. The van der Waals surface area contributed by atoms with Crippen LogP contribution >= 0.6 is 0 Å². The first-order valence-electron chi connectivity index (χ1n) is 10.1. The Labute approximate surface area is 162 Å². The average molecular weight is 373 g/mol. The molecule has 0 aromatic heterocycles. The molecule has 3 rings (SSSR count). The lowest BCUT2D eigenvalue weighted by atomic mass is 10.1. The standard InChI is InChI=1S/C21H32N4O2/c1-4-22-21(23-15-18-8-7-16(2)14-17(18)3)25-11-9-24(10-12-25)20(26)19-6-5-13-27-19/h7-8,14,19H,4-6,9-13,15H2,1-3H3,(H,22,23). The maximum atomic E-state index is 12.5. The molecule has 1 N–H and O–H groups in total. The summed E-state index contributed by atoms with van der Waals surface area (Å²) in [6.07, 6.45) is 1.63. The van der Waals surface area contributed by atoms with Gasteiger partial charge in [0.25, 0.3) is 5.91 Å². The monoisotopic (exact) mass is 372 g/mol. The van der Waals surface area contributed by atoms with Crippen LogP contribution in [0, 0.1) is 13.8 Å². The predicted octanol–water partition coefficient (Wildman–Crippen LogP) is 2.09. The number of carbonyl (C=O) groups is 1. The zero-order chi connectivity index (χ0) is 19.2. The van der Waals surface area contributed by atoms with E-state index in [0.29, 0.717) is 13.2 Å². The Kier molecular flexibility index (Phi) is 6.72. The lowest BCUT2D eigenvalue weighted by Crippen LogP contribution is -2.55. The third-order valence-electron chi connectivity index (χ3n) is 5.33. The zero-order valence-electron chi connectivity index (χ0n) is 16.8. The van der Waals surface area contributed by atoms with Crippen molar-refractivity contribution in [3.8, 4) is 0 Å². The molecule has 1 unspecified atom stereocenters. The molecule has 148 valence electrons. The van der Waals surface area contributed by atoms with Crippen molar-refractivity contribution in [1.82, 2.24) is 15.1 Å². The highest BCUT2D eigenvalue weighted by Gasteiger charge is 2.30. The highest BCUT2D eigenvalue weighted by Crippen LogP contribution is 2.16. The summed E-state index contributed by atoms with van der Waals surface area (Å²) in [7, 11) is 0. The van der Waals surface area contributed by atoms with Crippen LogP contribution in [-0.2, 0) is 16.1 Å². The zero-order valence-corrected chi connectivity index (χ0v) is 16.8. The van der Waals surface area contributed by atoms with E-state index in [1.165, 1.54) is 16.7 Å². The van der Waals surface area contributed by atoms with Gasteiger partial charge in [-0.3, -0.25) is 4.79 Å². The van der Waals surface area contributed by atoms with E-state index in [4.69, 9.17) is 9.73 Å². The van der Waals surface area contributed by atoms with Crippen molar-refractivity contribution < 1.29 is 9.53 Å². The maximum absolute atomic E-state index is 12.5. The number of amides is 1.